The molecule has 0 aliphatic carbocycles. The molecule has 8 heteroatoms. The van der Waals surface area contributed by atoms with Crippen LogP contribution in [0, 0.1) is 19.7 Å². The minimum absolute atomic E-state index is 0.274. The summed E-state index contributed by atoms with van der Waals surface area (Å²) in [5.41, 5.74) is 3.11. The van der Waals surface area contributed by atoms with Crippen molar-refractivity contribution < 1.29 is 18.4 Å². The quantitative estimate of drug-likeness (QED) is 0.476. The molecule has 31 heavy (non-hydrogen) atoms. The number of nitrogens with one attached hydrogen (secondary N) is 1. The van der Waals surface area contributed by atoms with E-state index in [0.29, 0.717) is 30.3 Å². The van der Waals surface area contributed by atoms with Gasteiger partial charge in [0.1, 0.15) is 23.9 Å². The number of ether oxygens (including phenoxy) is 1. The zero-order valence-electron chi connectivity index (χ0n) is 17.1. The molecule has 0 aliphatic heterocycles. The highest BCUT2D eigenvalue weighted by molar-refractivity contribution is 6.03. The first-order valence-corrected chi connectivity index (χ1v) is 9.72. The van der Waals surface area contributed by atoms with Crippen LogP contribution < -0.4 is 10.1 Å². The van der Waals surface area contributed by atoms with Gasteiger partial charge in [-0.3, -0.25) is 9.48 Å². The Morgan fingerprint density at radius 3 is 2.52 bits per heavy atom. The number of carbonyl (C=O) groups excluding carboxylic acids is 1. The highest BCUT2D eigenvalue weighted by atomic mass is 19.1. The van der Waals surface area contributed by atoms with Gasteiger partial charge < -0.3 is 14.6 Å². The molecular weight excluding hydrogens is 399 g/mol. The van der Waals surface area contributed by atoms with E-state index in [1.54, 1.807) is 53.3 Å². The lowest BCUT2D eigenvalue weighted by molar-refractivity contribution is 0.102. The zero-order valence-corrected chi connectivity index (χ0v) is 17.1. The van der Waals surface area contributed by atoms with Gasteiger partial charge in [0.15, 0.2) is 5.82 Å². The van der Waals surface area contributed by atoms with Crippen molar-refractivity contribution >= 4 is 11.7 Å². The molecule has 4 rings (SSSR count). The topological polar surface area (TPSA) is 82.2 Å². The minimum atomic E-state index is -0.280. The van der Waals surface area contributed by atoms with Crippen LogP contribution in [0.1, 0.15) is 32.9 Å². The van der Waals surface area contributed by atoms with Crippen molar-refractivity contribution in [1.82, 2.24) is 14.9 Å². The van der Waals surface area contributed by atoms with Crippen molar-refractivity contribution in [3.63, 3.8) is 0 Å². The predicted molar refractivity (Wildman–Crippen MR) is 112 cm³/mol. The molecule has 0 bridgehead atoms. The number of hydrogen-bond acceptors (Lipinski definition) is 5. The molecule has 0 atom stereocenters. The van der Waals surface area contributed by atoms with Gasteiger partial charge in [0.05, 0.1) is 17.8 Å². The highest BCUT2D eigenvalue weighted by Crippen LogP contribution is 2.18. The smallest absolute Gasteiger partial charge is 0.256 e. The molecule has 0 unspecified atom stereocenters. The molecule has 0 radical (unpaired) electrons. The van der Waals surface area contributed by atoms with E-state index in [2.05, 4.69) is 15.6 Å². The molecule has 7 nitrogen and oxygen atoms in total. The van der Waals surface area contributed by atoms with E-state index in [9.17, 15) is 9.18 Å². The Morgan fingerprint density at radius 2 is 1.84 bits per heavy atom. The Bertz CT molecular complexity index is 1160. The van der Waals surface area contributed by atoms with Crippen LogP contribution in [-0.2, 0) is 13.2 Å². The maximum atomic E-state index is 13.0. The molecule has 1 N–H and O–H groups in total. The summed E-state index contributed by atoms with van der Waals surface area (Å²) in [5, 5.41) is 11.0. The number of carbonyl (C=O) groups is 1. The molecule has 158 valence electrons. The standard InChI is InChI=1S/C23H21FN4O3/c1-15-21(16(2)31-27-15)14-30-20-9-5-18(6-10-20)23(29)25-22-11-12-28(26-22)13-17-3-7-19(24)8-4-17/h3-12H,13-14H2,1-2H3,(H,25,26,29). The molecule has 2 aromatic carbocycles. The van der Waals surface area contributed by atoms with Crippen LogP contribution in [-0.4, -0.2) is 20.8 Å². The van der Waals surface area contributed by atoms with Crippen LogP contribution in [0.3, 0.4) is 0 Å². The molecule has 0 aliphatic rings. The summed E-state index contributed by atoms with van der Waals surface area (Å²) in [7, 11) is 0. The zero-order chi connectivity index (χ0) is 21.8. The third kappa shape index (κ3) is 4.98. The van der Waals surface area contributed by atoms with Crippen molar-refractivity contribution in [2.45, 2.75) is 27.0 Å². The molecule has 2 heterocycles. The van der Waals surface area contributed by atoms with Gasteiger partial charge in [0.25, 0.3) is 5.91 Å². The van der Waals surface area contributed by atoms with Crippen LogP contribution in [0.2, 0.25) is 0 Å². The number of benzene rings is 2. The summed E-state index contributed by atoms with van der Waals surface area (Å²) in [4.78, 5) is 12.5. The fourth-order valence-corrected chi connectivity index (χ4v) is 3.05. The normalized spacial score (nSPS) is 10.8. The Morgan fingerprint density at radius 1 is 1.10 bits per heavy atom. The van der Waals surface area contributed by atoms with E-state index in [0.717, 1.165) is 22.6 Å². The first-order valence-electron chi connectivity index (χ1n) is 9.72. The molecular formula is C23H21FN4O3. The van der Waals surface area contributed by atoms with Crippen LogP contribution in [0.4, 0.5) is 10.2 Å². The van der Waals surface area contributed by atoms with E-state index in [4.69, 9.17) is 9.26 Å². The van der Waals surface area contributed by atoms with Crippen molar-refractivity contribution in [3.8, 4) is 5.75 Å². The summed E-state index contributed by atoms with van der Waals surface area (Å²) in [6, 6.07) is 14.8. The van der Waals surface area contributed by atoms with Gasteiger partial charge in [-0.15, -0.1) is 0 Å². The lowest BCUT2D eigenvalue weighted by Crippen LogP contribution is -2.13. The average molecular weight is 420 g/mol. The van der Waals surface area contributed by atoms with E-state index >= 15 is 0 Å². The second kappa shape index (κ2) is 8.83. The third-order valence-electron chi connectivity index (χ3n) is 4.82. The summed E-state index contributed by atoms with van der Waals surface area (Å²) in [5.74, 6) is 1.25. The maximum Gasteiger partial charge on any atom is 0.256 e. The number of aromatic nitrogens is 3. The maximum absolute atomic E-state index is 13.0. The second-order valence-electron chi connectivity index (χ2n) is 7.09. The Balaban J connectivity index is 1.33. The number of amides is 1. The summed E-state index contributed by atoms with van der Waals surface area (Å²) >= 11 is 0. The largest absolute Gasteiger partial charge is 0.489 e. The Kier molecular flexibility index (Phi) is 5.79. The SMILES string of the molecule is Cc1noc(C)c1COc1ccc(C(=O)Nc2ccn(Cc3ccc(F)cc3)n2)cc1. The molecule has 0 fully saturated rings. The van der Waals surface area contributed by atoms with Gasteiger partial charge in [-0.05, 0) is 55.8 Å². The molecule has 0 saturated carbocycles. The first kappa shape index (κ1) is 20.3. The Hall–Kier alpha value is -3.94. The molecule has 1 amide bonds. The number of aryl methyl sites for hydroxylation is 2. The van der Waals surface area contributed by atoms with E-state index in [1.165, 1.54) is 12.1 Å². The van der Waals surface area contributed by atoms with Crippen LogP contribution >= 0.6 is 0 Å². The number of rotatable bonds is 7. The van der Waals surface area contributed by atoms with Gasteiger partial charge in [-0.25, -0.2) is 4.39 Å². The first-order chi connectivity index (χ1) is 15.0. The monoisotopic (exact) mass is 420 g/mol. The number of anilines is 1. The number of halogens is 1. The fraction of sp³-hybridized carbons (Fsp3) is 0.174. The van der Waals surface area contributed by atoms with Crippen molar-refractivity contribution in [3.05, 3.63) is 94.8 Å². The summed E-state index contributed by atoms with van der Waals surface area (Å²) < 4.78 is 25.6. The Labute approximate surface area is 178 Å². The molecule has 2 aromatic heterocycles. The van der Waals surface area contributed by atoms with Crippen molar-refractivity contribution in [2.24, 2.45) is 0 Å². The average Bonchev–Trinajstić information content (AvgIpc) is 3.34. The van der Waals surface area contributed by atoms with Gasteiger partial charge in [0, 0.05) is 17.8 Å². The van der Waals surface area contributed by atoms with E-state index < -0.39 is 0 Å². The van der Waals surface area contributed by atoms with Gasteiger partial charge in [0.2, 0.25) is 0 Å². The summed E-state index contributed by atoms with van der Waals surface area (Å²) in [6.07, 6.45) is 1.75. The van der Waals surface area contributed by atoms with Crippen LogP contribution in [0.15, 0.2) is 65.3 Å². The van der Waals surface area contributed by atoms with E-state index in [1.807, 2.05) is 13.8 Å². The van der Waals surface area contributed by atoms with Gasteiger partial charge in [-0.1, -0.05) is 17.3 Å². The molecule has 0 saturated heterocycles. The third-order valence-corrected chi connectivity index (χ3v) is 4.82. The number of nitrogens with zero attached hydrogens (tertiary/aromatic N) is 3. The highest BCUT2D eigenvalue weighted by Gasteiger charge is 2.11. The van der Waals surface area contributed by atoms with E-state index in [-0.39, 0.29) is 11.7 Å². The fourth-order valence-electron chi connectivity index (χ4n) is 3.05. The van der Waals surface area contributed by atoms with Crippen LogP contribution in [0.25, 0.3) is 0 Å². The predicted octanol–water partition coefficient (Wildman–Crippen LogP) is 4.51. The van der Waals surface area contributed by atoms with Gasteiger partial charge >= 0.3 is 0 Å². The van der Waals surface area contributed by atoms with Crippen molar-refractivity contribution in [2.75, 3.05) is 5.32 Å². The van der Waals surface area contributed by atoms with Gasteiger partial charge in [-0.2, -0.15) is 5.10 Å². The minimum Gasteiger partial charge on any atom is -0.489 e. The molecule has 4 aromatic rings. The van der Waals surface area contributed by atoms with Crippen LogP contribution in [0.5, 0.6) is 5.75 Å². The molecule has 0 spiro atoms. The lowest BCUT2D eigenvalue weighted by Gasteiger charge is -2.07. The van der Waals surface area contributed by atoms with Crippen molar-refractivity contribution in [1.29, 1.82) is 0 Å². The lowest BCUT2D eigenvalue weighted by atomic mass is 10.2. The second-order valence-corrected chi connectivity index (χ2v) is 7.09. The summed E-state index contributed by atoms with van der Waals surface area (Å²) in [6.45, 7) is 4.53. The number of hydrogen-bond donors (Lipinski definition) is 1.